The molecule has 0 atom stereocenters. The number of carbonyl (C=O) groups is 1. The van der Waals surface area contributed by atoms with Gasteiger partial charge in [0.25, 0.3) is 0 Å². The van der Waals surface area contributed by atoms with Crippen LogP contribution in [0.25, 0.3) is 0 Å². The van der Waals surface area contributed by atoms with E-state index in [2.05, 4.69) is 4.74 Å². The Morgan fingerprint density at radius 1 is 1.41 bits per heavy atom. The van der Waals surface area contributed by atoms with Crippen molar-refractivity contribution in [2.45, 2.75) is 13.3 Å². The summed E-state index contributed by atoms with van der Waals surface area (Å²) in [6, 6.07) is 0.539. The number of ether oxygens (including phenoxy) is 2. The number of hydrogen-bond donors (Lipinski definition) is 1. The average molecular weight is 245 g/mol. The molecule has 0 aliphatic rings. The van der Waals surface area contributed by atoms with Gasteiger partial charge in [-0.05, 0) is 6.42 Å². The van der Waals surface area contributed by atoms with E-state index >= 15 is 0 Å². The first-order chi connectivity index (χ1) is 8.02. The standard InChI is InChI=1S/C11H13F2NO3/c1-3-4-17-11(15)8-6(12)5-7(13)10(16-2)9(8)14/h5H,3-4,14H2,1-2H3. The van der Waals surface area contributed by atoms with E-state index in [0.717, 1.165) is 0 Å². The molecular formula is C11H13F2NO3. The van der Waals surface area contributed by atoms with Gasteiger partial charge in [0.1, 0.15) is 11.4 Å². The minimum Gasteiger partial charge on any atom is -0.492 e. The normalized spacial score (nSPS) is 10.1. The van der Waals surface area contributed by atoms with Gasteiger partial charge in [-0.2, -0.15) is 0 Å². The third-order valence-corrected chi connectivity index (χ3v) is 2.07. The van der Waals surface area contributed by atoms with Crippen LogP contribution in [0.3, 0.4) is 0 Å². The molecule has 0 aliphatic carbocycles. The Hall–Kier alpha value is -1.85. The number of nitrogen functional groups attached to an aromatic ring is 1. The van der Waals surface area contributed by atoms with E-state index in [1.54, 1.807) is 6.92 Å². The molecule has 0 saturated carbocycles. The van der Waals surface area contributed by atoms with E-state index in [9.17, 15) is 13.6 Å². The van der Waals surface area contributed by atoms with Gasteiger partial charge in [0.2, 0.25) is 0 Å². The fraction of sp³-hybridized carbons (Fsp3) is 0.364. The molecule has 2 N–H and O–H groups in total. The van der Waals surface area contributed by atoms with E-state index < -0.39 is 28.9 Å². The lowest BCUT2D eigenvalue weighted by atomic mass is 10.1. The molecule has 1 aromatic rings. The van der Waals surface area contributed by atoms with Crippen LogP contribution in [0.5, 0.6) is 5.75 Å². The molecule has 6 heteroatoms. The van der Waals surface area contributed by atoms with Gasteiger partial charge in [0, 0.05) is 6.07 Å². The minimum absolute atomic E-state index is 0.136. The first-order valence-corrected chi connectivity index (χ1v) is 5.01. The quantitative estimate of drug-likeness (QED) is 0.652. The summed E-state index contributed by atoms with van der Waals surface area (Å²) in [5.41, 5.74) is 4.56. The average Bonchev–Trinajstić information content (AvgIpc) is 2.26. The summed E-state index contributed by atoms with van der Waals surface area (Å²) in [4.78, 5) is 11.5. The van der Waals surface area contributed by atoms with Crippen molar-refractivity contribution in [1.82, 2.24) is 0 Å². The van der Waals surface area contributed by atoms with Crippen molar-refractivity contribution in [3.8, 4) is 5.75 Å². The molecule has 0 aromatic heterocycles. The van der Waals surface area contributed by atoms with Gasteiger partial charge in [-0.1, -0.05) is 6.92 Å². The Labute approximate surface area is 97.3 Å². The van der Waals surface area contributed by atoms with Crippen LogP contribution in [0.1, 0.15) is 23.7 Å². The minimum atomic E-state index is -1.07. The summed E-state index contributed by atoms with van der Waals surface area (Å²) < 4.78 is 36.0. The monoisotopic (exact) mass is 245 g/mol. The van der Waals surface area contributed by atoms with Crippen molar-refractivity contribution in [2.24, 2.45) is 0 Å². The molecule has 0 fully saturated rings. The van der Waals surface area contributed by atoms with Crippen molar-refractivity contribution in [3.05, 3.63) is 23.3 Å². The zero-order valence-corrected chi connectivity index (χ0v) is 9.55. The molecule has 0 unspecified atom stereocenters. The fourth-order valence-corrected chi connectivity index (χ4v) is 1.30. The van der Waals surface area contributed by atoms with Crippen molar-refractivity contribution in [1.29, 1.82) is 0 Å². The molecular weight excluding hydrogens is 232 g/mol. The predicted octanol–water partition coefficient (Wildman–Crippen LogP) is 2.12. The van der Waals surface area contributed by atoms with Gasteiger partial charge in [-0.15, -0.1) is 0 Å². The number of esters is 1. The third-order valence-electron chi connectivity index (χ3n) is 2.07. The number of methoxy groups -OCH3 is 1. The summed E-state index contributed by atoms with van der Waals surface area (Å²) in [7, 11) is 1.17. The maximum absolute atomic E-state index is 13.4. The molecule has 4 nitrogen and oxygen atoms in total. The summed E-state index contributed by atoms with van der Waals surface area (Å²) in [6.45, 7) is 1.93. The number of rotatable bonds is 4. The summed E-state index contributed by atoms with van der Waals surface area (Å²) in [6.07, 6.45) is 0.589. The second-order valence-corrected chi connectivity index (χ2v) is 3.30. The summed E-state index contributed by atoms with van der Waals surface area (Å²) in [5.74, 6) is -3.33. The van der Waals surface area contributed by atoms with Gasteiger partial charge in [0.05, 0.1) is 19.4 Å². The maximum atomic E-state index is 13.4. The predicted molar refractivity (Wildman–Crippen MR) is 57.9 cm³/mol. The molecule has 1 rings (SSSR count). The van der Waals surface area contributed by atoms with Crippen LogP contribution in [0.15, 0.2) is 6.07 Å². The van der Waals surface area contributed by atoms with Gasteiger partial charge in [0.15, 0.2) is 11.6 Å². The van der Waals surface area contributed by atoms with Crippen molar-refractivity contribution in [3.63, 3.8) is 0 Å². The number of halogens is 2. The zero-order chi connectivity index (χ0) is 13.0. The second-order valence-electron chi connectivity index (χ2n) is 3.30. The Kier molecular flexibility index (Phi) is 4.25. The van der Waals surface area contributed by atoms with Gasteiger partial charge in [-0.3, -0.25) is 0 Å². The molecule has 0 heterocycles. The molecule has 0 aliphatic heterocycles. The Morgan fingerprint density at radius 3 is 2.59 bits per heavy atom. The highest BCUT2D eigenvalue weighted by molar-refractivity contribution is 5.97. The Balaban J connectivity index is 3.19. The third kappa shape index (κ3) is 2.64. The molecule has 0 spiro atoms. The fourth-order valence-electron chi connectivity index (χ4n) is 1.30. The van der Waals surface area contributed by atoms with Crippen molar-refractivity contribution < 1.29 is 23.0 Å². The largest absolute Gasteiger partial charge is 0.492 e. The number of benzene rings is 1. The van der Waals surface area contributed by atoms with Crippen LogP contribution in [-0.2, 0) is 4.74 Å². The van der Waals surface area contributed by atoms with Crippen molar-refractivity contribution in [2.75, 3.05) is 19.5 Å². The lowest BCUT2D eigenvalue weighted by Gasteiger charge is -2.11. The topological polar surface area (TPSA) is 61.5 Å². The molecule has 1 aromatic carbocycles. The number of carbonyl (C=O) groups excluding carboxylic acids is 1. The highest BCUT2D eigenvalue weighted by Crippen LogP contribution is 2.31. The number of hydrogen-bond acceptors (Lipinski definition) is 4. The molecule has 94 valence electrons. The second kappa shape index (κ2) is 5.47. The number of anilines is 1. The Morgan fingerprint density at radius 2 is 2.06 bits per heavy atom. The van der Waals surface area contributed by atoms with Crippen LogP contribution < -0.4 is 10.5 Å². The lowest BCUT2D eigenvalue weighted by molar-refractivity contribution is 0.0500. The highest BCUT2D eigenvalue weighted by atomic mass is 19.1. The van der Waals surface area contributed by atoms with Crippen LogP contribution in [0.2, 0.25) is 0 Å². The van der Waals surface area contributed by atoms with Gasteiger partial charge >= 0.3 is 5.97 Å². The molecule has 0 saturated heterocycles. The Bertz CT molecular complexity index is 435. The van der Waals surface area contributed by atoms with Crippen LogP contribution in [0, 0.1) is 11.6 Å². The van der Waals surface area contributed by atoms with Crippen LogP contribution >= 0.6 is 0 Å². The van der Waals surface area contributed by atoms with Gasteiger partial charge < -0.3 is 15.2 Å². The molecule has 0 bridgehead atoms. The number of nitrogens with two attached hydrogens (primary N) is 1. The molecule has 17 heavy (non-hydrogen) atoms. The highest BCUT2D eigenvalue weighted by Gasteiger charge is 2.23. The lowest BCUT2D eigenvalue weighted by Crippen LogP contribution is -2.13. The molecule has 0 radical (unpaired) electrons. The maximum Gasteiger partial charge on any atom is 0.343 e. The summed E-state index contributed by atoms with van der Waals surface area (Å²) in [5, 5.41) is 0. The van der Waals surface area contributed by atoms with Crippen LogP contribution in [-0.4, -0.2) is 19.7 Å². The van der Waals surface area contributed by atoms with E-state index in [1.807, 2.05) is 0 Å². The van der Waals surface area contributed by atoms with E-state index in [1.165, 1.54) is 7.11 Å². The van der Waals surface area contributed by atoms with Crippen LogP contribution in [0.4, 0.5) is 14.5 Å². The van der Waals surface area contributed by atoms with E-state index in [4.69, 9.17) is 10.5 Å². The molecule has 0 amide bonds. The SMILES string of the molecule is CCCOC(=O)c1c(F)cc(F)c(OC)c1N. The zero-order valence-electron chi connectivity index (χ0n) is 9.55. The smallest absolute Gasteiger partial charge is 0.343 e. The summed E-state index contributed by atoms with van der Waals surface area (Å²) >= 11 is 0. The first-order valence-electron chi connectivity index (χ1n) is 5.01. The first kappa shape index (κ1) is 13.2. The van der Waals surface area contributed by atoms with E-state index in [-0.39, 0.29) is 12.4 Å². The van der Waals surface area contributed by atoms with Gasteiger partial charge in [-0.25, -0.2) is 13.6 Å². The van der Waals surface area contributed by atoms with Crippen molar-refractivity contribution >= 4 is 11.7 Å². The van der Waals surface area contributed by atoms with E-state index in [0.29, 0.717) is 12.5 Å².